The largest absolute Gasteiger partial charge is 0.587 e. The predicted molar refractivity (Wildman–Crippen MR) is 106 cm³/mol. The van der Waals surface area contributed by atoms with Crippen LogP contribution in [0.15, 0.2) is 78.9 Å². The van der Waals surface area contributed by atoms with Crippen LogP contribution in [-0.4, -0.2) is 9.85 Å². The van der Waals surface area contributed by atoms with E-state index in [9.17, 15) is 24.8 Å². The van der Waals surface area contributed by atoms with Crippen molar-refractivity contribution in [3.05, 3.63) is 105 Å². The summed E-state index contributed by atoms with van der Waals surface area (Å²) in [5.74, 6) is 0.0535. The first kappa shape index (κ1) is 21.0. The first-order chi connectivity index (χ1) is 14.3. The Morgan fingerprint density at radius 2 is 1.13 bits per heavy atom. The van der Waals surface area contributed by atoms with Crippen LogP contribution in [0, 0.1) is 20.2 Å². The summed E-state index contributed by atoms with van der Waals surface area (Å²) < 4.78 is 29.4. The maximum Gasteiger partial charge on any atom is 0.587 e. The molecule has 0 aliphatic heterocycles. The first-order valence-electron chi connectivity index (χ1n) is 8.51. The molecule has 0 saturated carbocycles. The molecule has 0 heterocycles. The summed E-state index contributed by atoms with van der Waals surface area (Å²) in [7, 11) is -4.25. The van der Waals surface area contributed by atoms with Gasteiger partial charge in [0.15, 0.2) is 0 Å². The lowest BCUT2D eigenvalue weighted by Gasteiger charge is -2.19. The lowest BCUT2D eigenvalue weighted by molar-refractivity contribution is -0.385. The van der Waals surface area contributed by atoms with E-state index in [-0.39, 0.29) is 29.5 Å². The molecule has 0 aliphatic carbocycles. The number of non-ortho nitro benzene ring substituents is 2. The number of nitrogens with zero attached hydrogens (tertiary/aromatic N) is 2. The molecule has 0 aliphatic rings. The van der Waals surface area contributed by atoms with Crippen LogP contribution in [0.3, 0.4) is 0 Å². The average Bonchev–Trinajstić information content (AvgIpc) is 2.74. The predicted octanol–water partition coefficient (Wildman–Crippen LogP) is 5.29. The number of benzene rings is 3. The van der Waals surface area contributed by atoms with Crippen molar-refractivity contribution >= 4 is 19.2 Å². The summed E-state index contributed by atoms with van der Waals surface area (Å²) in [6, 6.07) is 18.6. The Labute approximate surface area is 170 Å². The van der Waals surface area contributed by atoms with Gasteiger partial charge in [-0.25, -0.2) is 4.57 Å². The standard InChI is InChI=1S/C19H15N2O8P/c22-20(23)16-6-10-18(11-7-16)28-30(26,27-14-15-4-2-1-3-5-15)29-19-12-8-17(9-13-19)21(24)25/h1-13H,14H2. The van der Waals surface area contributed by atoms with Gasteiger partial charge in [0.25, 0.3) is 11.4 Å². The van der Waals surface area contributed by atoms with Crippen LogP contribution in [0.1, 0.15) is 5.56 Å². The summed E-state index contributed by atoms with van der Waals surface area (Å²) in [5, 5.41) is 21.6. The van der Waals surface area contributed by atoms with Crippen LogP contribution in [0.25, 0.3) is 0 Å². The smallest absolute Gasteiger partial charge is 0.395 e. The minimum atomic E-state index is -4.25. The van der Waals surface area contributed by atoms with E-state index in [2.05, 4.69) is 0 Å². The Kier molecular flexibility index (Phi) is 6.41. The summed E-state index contributed by atoms with van der Waals surface area (Å²) in [6.07, 6.45) is 0. The van der Waals surface area contributed by atoms with E-state index >= 15 is 0 Å². The van der Waals surface area contributed by atoms with Crippen molar-refractivity contribution in [2.45, 2.75) is 6.61 Å². The molecule has 3 aromatic carbocycles. The molecule has 11 heteroatoms. The van der Waals surface area contributed by atoms with Crippen LogP contribution in [0.5, 0.6) is 11.5 Å². The van der Waals surface area contributed by atoms with Gasteiger partial charge >= 0.3 is 7.82 Å². The van der Waals surface area contributed by atoms with Crippen LogP contribution in [0.2, 0.25) is 0 Å². The lowest BCUT2D eigenvalue weighted by atomic mass is 10.2. The number of hydrogen-bond acceptors (Lipinski definition) is 8. The van der Waals surface area contributed by atoms with Crippen molar-refractivity contribution < 1.29 is 28.0 Å². The molecular formula is C19H15N2O8P. The zero-order valence-corrected chi connectivity index (χ0v) is 16.2. The van der Waals surface area contributed by atoms with Gasteiger partial charge in [-0.1, -0.05) is 30.3 Å². The van der Waals surface area contributed by atoms with Gasteiger partial charge in [-0.15, -0.1) is 0 Å². The lowest BCUT2D eigenvalue weighted by Crippen LogP contribution is -2.05. The fraction of sp³-hybridized carbons (Fsp3) is 0.0526. The third-order valence-electron chi connectivity index (χ3n) is 3.76. The van der Waals surface area contributed by atoms with Crippen molar-refractivity contribution in [1.29, 1.82) is 0 Å². The molecule has 0 atom stereocenters. The van der Waals surface area contributed by atoms with Crippen molar-refractivity contribution in [3.63, 3.8) is 0 Å². The Bertz CT molecular complexity index is 1010. The number of nitro groups is 2. The second kappa shape index (κ2) is 9.17. The number of phosphoric acid groups is 1. The maximum absolute atomic E-state index is 13.2. The van der Waals surface area contributed by atoms with E-state index in [1.807, 2.05) is 6.07 Å². The summed E-state index contributed by atoms with van der Waals surface area (Å²) in [5.41, 5.74) is 0.370. The van der Waals surface area contributed by atoms with Crippen LogP contribution in [-0.2, 0) is 15.7 Å². The van der Waals surface area contributed by atoms with E-state index < -0.39 is 17.7 Å². The molecule has 154 valence electrons. The van der Waals surface area contributed by atoms with Crippen molar-refractivity contribution in [2.75, 3.05) is 0 Å². The quantitative estimate of drug-likeness (QED) is 0.254. The van der Waals surface area contributed by atoms with Crippen molar-refractivity contribution in [2.24, 2.45) is 0 Å². The highest BCUT2D eigenvalue weighted by atomic mass is 31.2. The second-order valence-corrected chi connectivity index (χ2v) is 7.41. The van der Waals surface area contributed by atoms with Gasteiger partial charge in [-0.2, -0.15) is 0 Å². The zero-order chi connectivity index (χ0) is 21.6. The van der Waals surface area contributed by atoms with Crippen molar-refractivity contribution in [3.8, 4) is 11.5 Å². The SMILES string of the molecule is O=[N+]([O-])c1ccc(OP(=O)(OCc2ccccc2)Oc2ccc([N+](=O)[O-])cc2)cc1. The molecule has 30 heavy (non-hydrogen) atoms. The highest BCUT2D eigenvalue weighted by Crippen LogP contribution is 2.50. The maximum atomic E-state index is 13.2. The molecule has 0 N–H and O–H groups in total. The van der Waals surface area contributed by atoms with E-state index in [1.54, 1.807) is 24.3 Å². The van der Waals surface area contributed by atoms with E-state index in [1.165, 1.54) is 48.5 Å². The fourth-order valence-corrected chi connectivity index (χ4v) is 3.52. The topological polar surface area (TPSA) is 131 Å². The molecule has 0 fully saturated rings. The molecular weight excluding hydrogens is 415 g/mol. The summed E-state index contributed by atoms with van der Waals surface area (Å²) >= 11 is 0. The molecule has 3 rings (SSSR count). The molecule has 0 bridgehead atoms. The number of phosphoric ester groups is 1. The Balaban J connectivity index is 1.82. The molecule has 0 saturated heterocycles. The molecule has 0 unspecified atom stereocenters. The summed E-state index contributed by atoms with van der Waals surface area (Å²) in [4.78, 5) is 20.4. The van der Waals surface area contributed by atoms with Gasteiger partial charge < -0.3 is 9.05 Å². The monoisotopic (exact) mass is 430 g/mol. The Morgan fingerprint density at radius 1 is 0.700 bits per heavy atom. The third kappa shape index (κ3) is 5.63. The van der Waals surface area contributed by atoms with Crippen molar-refractivity contribution in [1.82, 2.24) is 0 Å². The molecule has 0 amide bonds. The minimum Gasteiger partial charge on any atom is -0.395 e. The fourth-order valence-electron chi connectivity index (χ4n) is 2.31. The van der Waals surface area contributed by atoms with E-state index in [4.69, 9.17) is 13.6 Å². The molecule has 10 nitrogen and oxygen atoms in total. The molecule has 0 radical (unpaired) electrons. The minimum absolute atomic E-state index is 0.0268. The van der Waals surface area contributed by atoms with Crippen LogP contribution < -0.4 is 9.05 Å². The summed E-state index contributed by atoms with van der Waals surface area (Å²) in [6.45, 7) is -0.0991. The second-order valence-electron chi connectivity index (χ2n) is 5.89. The van der Waals surface area contributed by atoms with Gasteiger partial charge in [0.2, 0.25) is 0 Å². The Morgan fingerprint density at radius 3 is 1.53 bits per heavy atom. The van der Waals surface area contributed by atoms with Gasteiger partial charge in [-0.05, 0) is 29.8 Å². The van der Waals surface area contributed by atoms with Crippen LogP contribution in [0.4, 0.5) is 11.4 Å². The van der Waals surface area contributed by atoms with Gasteiger partial charge in [0, 0.05) is 24.3 Å². The number of rotatable bonds is 9. The third-order valence-corrected chi connectivity index (χ3v) is 5.08. The van der Waals surface area contributed by atoms with E-state index in [0.29, 0.717) is 5.56 Å². The molecule has 0 spiro atoms. The zero-order valence-electron chi connectivity index (χ0n) is 15.3. The van der Waals surface area contributed by atoms with E-state index in [0.717, 1.165) is 0 Å². The number of hydrogen-bond donors (Lipinski definition) is 0. The van der Waals surface area contributed by atoms with Gasteiger partial charge in [-0.3, -0.25) is 24.8 Å². The highest BCUT2D eigenvalue weighted by Gasteiger charge is 2.31. The van der Waals surface area contributed by atoms with Gasteiger partial charge in [0.1, 0.15) is 11.5 Å². The average molecular weight is 430 g/mol. The first-order valence-corrected chi connectivity index (χ1v) is 9.97. The van der Waals surface area contributed by atoms with Gasteiger partial charge in [0.05, 0.1) is 16.5 Å². The van der Waals surface area contributed by atoms with Crippen LogP contribution >= 0.6 is 7.82 Å². The highest BCUT2D eigenvalue weighted by molar-refractivity contribution is 7.49. The molecule has 0 aromatic heterocycles. The molecule has 3 aromatic rings. The normalized spacial score (nSPS) is 10.9. The Hall–Kier alpha value is -3.75. The number of nitro benzene ring substituents is 2.